The molecule has 2 rings (SSSR count). The van der Waals surface area contributed by atoms with Crippen molar-refractivity contribution in [2.45, 2.75) is 39.5 Å². The molecule has 5 nitrogen and oxygen atoms in total. The Morgan fingerprint density at radius 3 is 2.81 bits per heavy atom. The zero-order valence-corrected chi connectivity index (χ0v) is 12.8. The lowest BCUT2D eigenvalue weighted by Crippen LogP contribution is -2.15. The average Bonchev–Trinajstić information content (AvgIpc) is 2.92. The first-order chi connectivity index (χ1) is 10.2. The van der Waals surface area contributed by atoms with E-state index in [0.717, 1.165) is 43.1 Å². The molecule has 0 saturated heterocycles. The summed E-state index contributed by atoms with van der Waals surface area (Å²) < 4.78 is 5.33. The van der Waals surface area contributed by atoms with Crippen LogP contribution < -0.4 is 5.73 Å². The molecule has 21 heavy (non-hydrogen) atoms. The van der Waals surface area contributed by atoms with Crippen molar-refractivity contribution < 1.29 is 4.52 Å². The van der Waals surface area contributed by atoms with Gasteiger partial charge < -0.3 is 10.3 Å². The number of hydrogen-bond donors (Lipinski definition) is 1. The number of hydrogen-bond acceptors (Lipinski definition) is 5. The van der Waals surface area contributed by atoms with Crippen molar-refractivity contribution in [3.63, 3.8) is 0 Å². The Balaban J connectivity index is 1.88. The summed E-state index contributed by atoms with van der Waals surface area (Å²) in [7, 11) is 0. The Morgan fingerprint density at radius 2 is 2.14 bits per heavy atom. The smallest absolute Gasteiger partial charge is 0.226 e. The van der Waals surface area contributed by atoms with Gasteiger partial charge in [0.25, 0.3) is 0 Å². The number of rotatable bonds is 8. The van der Waals surface area contributed by atoms with Crippen LogP contribution in [0.4, 0.5) is 0 Å². The van der Waals surface area contributed by atoms with Crippen LogP contribution in [0.1, 0.15) is 44.0 Å². The number of aryl methyl sites for hydroxylation is 1. The van der Waals surface area contributed by atoms with Crippen LogP contribution in [0.3, 0.4) is 0 Å². The summed E-state index contributed by atoms with van der Waals surface area (Å²) in [5, 5.41) is 4.04. The molecule has 5 heteroatoms. The molecule has 0 amide bonds. The molecular formula is C16H24N4O. The van der Waals surface area contributed by atoms with Gasteiger partial charge in [-0.25, -0.2) is 0 Å². The largest absolute Gasteiger partial charge is 0.339 e. The Labute approximate surface area is 126 Å². The molecule has 1 unspecified atom stereocenters. The summed E-state index contributed by atoms with van der Waals surface area (Å²) in [4.78, 5) is 8.55. The zero-order valence-electron chi connectivity index (χ0n) is 12.8. The van der Waals surface area contributed by atoms with Gasteiger partial charge in [0, 0.05) is 25.2 Å². The summed E-state index contributed by atoms with van der Waals surface area (Å²) in [6.45, 7) is 5.21. The van der Waals surface area contributed by atoms with Crippen LogP contribution >= 0.6 is 0 Å². The van der Waals surface area contributed by atoms with Crippen molar-refractivity contribution >= 4 is 0 Å². The van der Waals surface area contributed by atoms with Crippen molar-refractivity contribution in [2.24, 2.45) is 17.6 Å². The SMILES string of the molecule is CC(C)C(CCN)CCc1nc(Cc2cccnc2)no1. The molecule has 0 fully saturated rings. The van der Waals surface area contributed by atoms with Gasteiger partial charge in [-0.1, -0.05) is 25.1 Å². The predicted molar refractivity (Wildman–Crippen MR) is 81.7 cm³/mol. The summed E-state index contributed by atoms with van der Waals surface area (Å²) in [6, 6.07) is 3.93. The van der Waals surface area contributed by atoms with Crippen molar-refractivity contribution in [3.05, 3.63) is 41.8 Å². The van der Waals surface area contributed by atoms with Gasteiger partial charge in [0.2, 0.25) is 5.89 Å². The molecular weight excluding hydrogens is 264 g/mol. The highest BCUT2D eigenvalue weighted by molar-refractivity contribution is 5.13. The fourth-order valence-corrected chi connectivity index (χ4v) is 2.48. The van der Waals surface area contributed by atoms with E-state index in [9.17, 15) is 0 Å². The third-order valence-corrected chi connectivity index (χ3v) is 3.80. The lowest BCUT2D eigenvalue weighted by atomic mass is 9.88. The fraction of sp³-hybridized carbons (Fsp3) is 0.562. The van der Waals surface area contributed by atoms with E-state index >= 15 is 0 Å². The van der Waals surface area contributed by atoms with Gasteiger partial charge in [-0.05, 0) is 42.9 Å². The molecule has 2 aromatic heterocycles. The maximum atomic E-state index is 5.67. The van der Waals surface area contributed by atoms with Gasteiger partial charge in [0.15, 0.2) is 5.82 Å². The predicted octanol–water partition coefficient (Wildman–Crippen LogP) is 2.61. The minimum Gasteiger partial charge on any atom is -0.339 e. The molecule has 0 aliphatic carbocycles. The van der Waals surface area contributed by atoms with Gasteiger partial charge in [0.05, 0.1) is 0 Å². The molecule has 2 N–H and O–H groups in total. The van der Waals surface area contributed by atoms with Crippen molar-refractivity contribution in [2.75, 3.05) is 6.54 Å². The van der Waals surface area contributed by atoms with E-state index in [4.69, 9.17) is 10.3 Å². The van der Waals surface area contributed by atoms with E-state index in [2.05, 4.69) is 29.0 Å². The van der Waals surface area contributed by atoms with Crippen LogP contribution in [0.15, 0.2) is 29.0 Å². The monoisotopic (exact) mass is 288 g/mol. The first-order valence-corrected chi connectivity index (χ1v) is 7.59. The summed E-state index contributed by atoms with van der Waals surface area (Å²) in [6.07, 6.45) is 7.16. The lowest BCUT2D eigenvalue weighted by Gasteiger charge is -2.18. The molecule has 0 saturated carbocycles. The molecule has 0 aromatic carbocycles. The van der Waals surface area contributed by atoms with E-state index in [1.54, 1.807) is 6.20 Å². The molecule has 0 aliphatic heterocycles. The van der Waals surface area contributed by atoms with Crippen LogP contribution in [0.5, 0.6) is 0 Å². The molecule has 0 spiro atoms. The Hall–Kier alpha value is -1.75. The Morgan fingerprint density at radius 1 is 1.29 bits per heavy atom. The normalized spacial score (nSPS) is 12.8. The zero-order chi connectivity index (χ0) is 15.1. The van der Waals surface area contributed by atoms with Crippen molar-refractivity contribution in [1.82, 2.24) is 15.1 Å². The second-order valence-corrected chi connectivity index (χ2v) is 5.76. The van der Waals surface area contributed by atoms with Crippen molar-refractivity contribution in [3.8, 4) is 0 Å². The Kier molecular flexibility index (Phi) is 5.87. The molecule has 2 aromatic rings. The molecule has 114 valence electrons. The van der Waals surface area contributed by atoms with E-state index in [1.807, 2.05) is 18.3 Å². The maximum Gasteiger partial charge on any atom is 0.226 e. The van der Waals surface area contributed by atoms with Crippen LogP contribution in [-0.4, -0.2) is 21.7 Å². The highest BCUT2D eigenvalue weighted by Crippen LogP contribution is 2.20. The van der Waals surface area contributed by atoms with Crippen molar-refractivity contribution in [1.29, 1.82) is 0 Å². The van der Waals surface area contributed by atoms with Gasteiger partial charge >= 0.3 is 0 Å². The molecule has 0 aliphatic rings. The molecule has 0 radical (unpaired) electrons. The van der Waals surface area contributed by atoms with E-state index in [1.165, 1.54) is 0 Å². The second-order valence-electron chi connectivity index (χ2n) is 5.76. The highest BCUT2D eigenvalue weighted by Gasteiger charge is 2.15. The number of pyridine rings is 1. The molecule has 1 atom stereocenters. The van der Waals surface area contributed by atoms with Gasteiger partial charge in [-0.3, -0.25) is 4.98 Å². The first kappa shape index (κ1) is 15.6. The standard InChI is InChI=1S/C16H24N4O/c1-12(2)14(7-8-17)5-6-16-19-15(20-21-16)10-13-4-3-9-18-11-13/h3-4,9,11-12,14H,5-8,10,17H2,1-2H3. The van der Waals surface area contributed by atoms with Crippen LogP contribution in [0.25, 0.3) is 0 Å². The van der Waals surface area contributed by atoms with Crippen LogP contribution in [0, 0.1) is 11.8 Å². The minimum absolute atomic E-state index is 0.615. The highest BCUT2D eigenvalue weighted by atomic mass is 16.5. The number of aromatic nitrogens is 3. The Bertz CT molecular complexity index is 524. The molecule has 2 heterocycles. The summed E-state index contributed by atoms with van der Waals surface area (Å²) >= 11 is 0. The average molecular weight is 288 g/mol. The summed E-state index contributed by atoms with van der Waals surface area (Å²) in [5.74, 6) is 2.68. The molecule has 0 bridgehead atoms. The summed E-state index contributed by atoms with van der Waals surface area (Å²) in [5.41, 5.74) is 6.76. The second kappa shape index (κ2) is 7.88. The maximum absolute atomic E-state index is 5.67. The first-order valence-electron chi connectivity index (χ1n) is 7.59. The lowest BCUT2D eigenvalue weighted by molar-refractivity contribution is 0.313. The topological polar surface area (TPSA) is 77.8 Å². The van der Waals surface area contributed by atoms with Gasteiger partial charge in [-0.2, -0.15) is 4.98 Å². The van der Waals surface area contributed by atoms with Crippen LogP contribution in [-0.2, 0) is 12.8 Å². The van der Waals surface area contributed by atoms with Gasteiger partial charge in [-0.15, -0.1) is 0 Å². The fourth-order valence-electron chi connectivity index (χ4n) is 2.48. The minimum atomic E-state index is 0.615. The van der Waals surface area contributed by atoms with E-state index in [-0.39, 0.29) is 0 Å². The van der Waals surface area contributed by atoms with E-state index < -0.39 is 0 Å². The quantitative estimate of drug-likeness (QED) is 0.808. The third-order valence-electron chi connectivity index (χ3n) is 3.80. The van der Waals surface area contributed by atoms with Gasteiger partial charge in [0.1, 0.15) is 0 Å². The van der Waals surface area contributed by atoms with E-state index in [0.29, 0.717) is 18.3 Å². The number of nitrogens with zero attached hydrogens (tertiary/aromatic N) is 3. The third kappa shape index (κ3) is 4.93. The van der Waals surface area contributed by atoms with Crippen LogP contribution in [0.2, 0.25) is 0 Å². The number of nitrogens with two attached hydrogens (primary N) is 1.